The van der Waals surface area contributed by atoms with Crippen LogP contribution in [0.3, 0.4) is 0 Å². The lowest BCUT2D eigenvalue weighted by Crippen LogP contribution is -2.43. The predicted octanol–water partition coefficient (Wildman–Crippen LogP) is 3.56. The van der Waals surface area contributed by atoms with Crippen LogP contribution < -0.4 is 10.6 Å². The molecule has 6 heteroatoms. The molecule has 0 bridgehead atoms. The van der Waals surface area contributed by atoms with E-state index in [1.54, 1.807) is 5.57 Å². The molecule has 0 saturated carbocycles. The van der Waals surface area contributed by atoms with E-state index in [-0.39, 0.29) is 0 Å². The van der Waals surface area contributed by atoms with E-state index in [2.05, 4.69) is 31.6 Å². The molecule has 0 atom stereocenters. The zero-order valence-corrected chi connectivity index (χ0v) is 17.9. The highest BCUT2D eigenvalue weighted by molar-refractivity contribution is 5.79. The zero-order valence-electron chi connectivity index (χ0n) is 17.9. The van der Waals surface area contributed by atoms with E-state index in [0.29, 0.717) is 5.92 Å². The molecule has 0 spiro atoms. The Kier molecular flexibility index (Phi) is 7.95. The van der Waals surface area contributed by atoms with Crippen LogP contribution in [0, 0.1) is 19.8 Å². The molecule has 1 aromatic rings. The fraction of sp³-hybridized carbons (Fsp3) is 0.727. The summed E-state index contributed by atoms with van der Waals surface area (Å²) in [5, 5.41) is 6.99. The van der Waals surface area contributed by atoms with Crippen LogP contribution >= 0.6 is 0 Å². The van der Waals surface area contributed by atoms with Gasteiger partial charge in [0.05, 0.1) is 12.2 Å². The van der Waals surface area contributed by atoms with Crippen LogP contribution in [-0.4, -0.2) is 49.1 Å². The highest BCUT2D eigenvalue weighted by Gasteiger charge is 2.21. The summed E-state index contributed by atoms with van der Waals surface area (Å²) < 4.78 is 5.73. The van der Waals surface area contributed by atoms with Gasteiger partial charge in [-0.05, 0) is 77.8 Å². The molecule has 2 aliphatic rings. The van der Waals surface area contributed by atoms with Crippen LogP contribution in [0.5, 0.6) is 0 Å². The number of piperidine rings is 1. The summed E-state index contributed by atoms with van der Waals surface area (Å²) in [4.78, 5) is 11.3. The Morgan fingerprint density at radius 3 is 2.71 bits per heavy atom. The molecule has 0 amide bonds. The maximum absolute atomic E-state index is 5.73. The Morgan fingerprint density at radius 2 is 2.07 bits per heavy atom. The van der Waals surface area contributed by atoms with Crippen molar-refractivity contribution in [1.82, 2.24) is 20.5 Å². The lowest BCUT2D eigenvalue weighted by Gasteiger charge is -2.31. The molecular formula is C22H37N5O. The molecule has 28 heavy (non-hydrogen) atoms. The third-order valence-corrected chi connectivity index (χ3v) is 6.04. The van der Waals surface area contributed by atoms with E-state index in [9.17, 15) is 0 Å². The molecule has 1 aliphatic carbocycles. The van der Waals surface area contributed by atoms with Gasteiger partial charge in [-0.2, -0.15) is 0 Å². The third-order valence-electron chi connectivity index (χ3n) is 6.04. The van der Waals surface area contributed by atoms with Gasteiger partial charge in [0.25, 0.3) is 0 Å². The number of hydrogen-bond acceptors (Lipinski definition) is 4. The van der Waals surface area contributed by atoms with E-state index >= 15 is 0 Å². The van der Waals surface area contributed by atoms with Gasteiger partial charge in [-0.25, -0.2) is 4.98 Å². The third kappa shape index (κ3) is 6.36. The summed E-state index contributed by atoms with van der Waals surface area (Å²) in [5.74, 6) is 3.42. The molecule has 1 aromatic heterocycles. The van der Waals surface area contributed by atoms with Gasteiger partial charge in [-0.15, -0.1) is 0 Å². The van der Waals surface area contributed by atoms with Crippen molar-refractivity contribution >= 4 is 5.96 Å². The molecule has 2 heterocycles. The Bertz CT molecular complexity index is 651. The maximum atomic E-state index is 5.73. The summed E-state index contributed by atoms with van der Waals surface area (Å²) in [6, 6.07) is 0. The minimum Gasteiger partial charge on any atom is -0.444 e. The highest BCUT2D eigenvalue weighted by Crippen LogP contribution is 2.20. The van der Waals surface area contributed by atoms with Crippen molar-refractivity contribution in [2.45, 2.75) is 65.3 Å². The van der Waals surface area contributed by atoms with E-state index in [0.717, 1.165) is 62.4 Å². The molecule has 0 radical (unpaired) electrons. The number of aliphatic imine (C=N–C) groups is 1. The average Bonchev–Trinajstić information content (AvgIpc) is 3.03. The van der Waals surface area contributed by atoms with Crippen LogP contribution in [0.2, 0.25) is 0 Å². The van der Waals surface area contributed by atoms with Crippen molar-refractivity contribution < 1.29 is 4.42 Å². The number of guanidine groups is 1. The van der Waals surface area contributed by atoms with Gasteiger partial charge in [0.15, 0.2) is 5.96 Å². The monoisotopic (exact) mass is 387 g/mol. The first-order valence-electron chi connectivity index (χ1n) is 10.9. The molecule has 3 rings (SSSR count). The molecular weight excluding hydrogens is 350 g/mol. The number of nitrogens with zero attached hydrogens (tertiary/aromatic N) is 3. The second kappa shape index (κ2) is 10.6. The van der Waals surface area contributed by atoms with E-state index in [1.807, 2.05) is 20.9 Å². The van der Waals surface area contributed by atoms with Crippen molar-refractivity contribution in [3.05, 3.63) is 29.0 Å². The normalized spacial score (nSPS) is 19.5. The van der Waals surface area contributed by atoms with Crippen LogP contribution in [-0.2, 0) is 6.54 Å². The number of allylic oxidation sites excluding steroid dienone is 1. The van der Waals surface area contributed by atoms with Crippen molar-refractivity contribution in [3.63, 3.8) is 0 Å². The molecule has 0 unspecified atom stereocenters. The number of hydrogen-bond donors (Lipinski definition) is 2. The van der Waals surface area contributed by atoms with Gasteiger partial charge in [0, 0.05) is 20.1 Å². The first-order valence-corrected chi connectivity index (χ1v) is 10.9. The minimum absolute atomic E-state index is 0.698. The average molecular weight is 388 g/mol. The summed E-state index contributed by atoms with van der Waals surface area (Å²) in [7, 11) is 1.86. The number of oxazole rings is 1. The fourth-order valence-electron chi connectivity index (χ4n) is 4.08. The number of aromatic nitrogens is 1. The molecule has 156 valence electrons. The largest absolute Gasteiger partial charge is 0.444 e. The second-order valence-corrected chi connectivity index (χ2v) is 8.21. The summed E-state index contributed by atoms with van der Waals surface area (Å²) in [6.45, 7) is 8.99. The first-order chi connectivity index (χ1) is 13.6. The molecule has 1 saturated heterocycles. The van der Waals surface area contributed by atoms with E-state index in [1.165, 1.54) is 38.5 Å². The van der Waals surface area contributed by atoms with E-state index in [4.69, 9.17) is 4.42 Å². The van der Waals surface area contributed by atoms with Gasteiger partial charge in [0.2, 0.25) is 5.89 Å². The molecule has 0 aromatic carbocycles. The molecule has 6 nitrogen and oxygen atoms in total. The van der Waals surface area contributed by atoms with Gasteiger partial charge in [-0.3, -0.25) is 9.89 Å². The Hall–Kier alpha value is -1.82. The van der Waals surface area contributed by atoms with Crippen molar-refractivity contribution in [1.29, 1.82) is 0 Å². The predicted molar refractivity (Wildman–Crippen MR) is 115 cm³/mol. The van der Waals surface area contributed by atoms with Crippen LogP contribution in [0.25, 0.3) is 0 Å². The van der Waals surface area contributed by atoms with Gasteiger partial charge in [-0.1, -0.05) is 11.6 Å². The van der Waals surface area contributed by atoms with E-state index < -0.39 is 0 Å². The molecule has 2 N–H and O–H groups in total. The first kappa shape index (κ1) is 20.9. The van der Waals surface area contributed by atoms with Gasteiger partial charge >= 0.3 is 0 Å². The second-order valence-electron chi connectivity index (χ2n) is 8.21. The lowest BCUT2D eigenvalue weighted by molar-refractivity contribution is 0.164. The summed E-state index contributed by atoms with van der Waals surface area (Å²) in [5.41, 5.74) is 2.62. The maximum Gasteiger partial charge on any atom is 0.208 e. The Labute approximate surface area is 169 Å². The van der Waals surface area contributed by atoms with Crippen molar-refractivity contribution in [2.75, 3.05) is 33.2 Å². The van der Waals surface area contributed by atoms with Crippen molar-refractivity contribution in [2.24, 2.45) is 10.9 Å². The smallest absolute Gasteiger partial charge is 0.208 e. The minimum atomic E-state index is 0.698. The highest BCUT2D eigenvalue weighted by atomic mass is 16.4. The topological polar surface area (TPSA) is 65.7 Å². The van der Waals surface area contributed by atoms with Gasteiger partial charge < -0.3 is 15.1 Å². The number of likely N-dealkylation sites (tertiary alicyclic amines) is 1. The van der Waals surface area contributed by atoms with Crippen molar-refractivity contribution in [3.8, 4) is 0 Å². The fourth-order valence-corrected chi connectivity index (χ4v) is 4.08. The standard InChI is InChI=1S/C22H37N5O/c1-17-18(2)28-21(26-17)16-27-13-10-20(11-14-27)15-25-22(23-3)24-12-9-19-7-5-4-6-8-19/h7,20H,4-6,8-16H2,1-3H3,(H2,23,24,25). The van der Waals surface area contributed by atoms with Gasteiger partial charge in [0.1, 0.15) is 5.76 Å². The number of nitrogens with one attached hydrogen (secondary N) is 2. The zero-order chi connectivity index (χ0) is 19.8. The number of rotatable bonds is 7. The Balaban J connectivity index is 1.31. The molecule has 1 fully saturated rings. The quantitative estimate of drug-likeness (QED) is 0.425. The van der Waals surface area contributed by atoms with Crippen LogP contribution in [0.4, 0.5) is 0 Å². The lowest BCUT2D eigenvalue weighted by atomic mass is 9.97. The molecule has 1 aliphatic heterocycles. The number of aryl methyl sites for hydroxylation is 2. The van der Waals surface area contributed by atoms with Crippen LogP contribution in [0.15, 0.2) is 21.1 Å². The SMILES string of the molecule is CN=C(NCCC1=CCCCC1)NCC1CCN(Cc2nc(C)c(C)o2)CC1. The Morgan fingerprint density at radius 1 is 1.25 bits per heavy atom. The summed E-state index contributed by atoms with van der Waals surface area (Å²) >= 11 is 0. The van der Waals surface area contributed by atoms with Crippen LogP contribution in [0.1, 0.15) is 62.3 Å². The summed E-state index contributed by atoms with van der Waals surface area (Å²) in [6.07, 6.45) is 11.2.